The molecular weight excluding hydrogens is 232 g/mol. The van der Waals surface area contributed by atoms with Crippen LogP contribution in [0.15, 0.2) is 24.3 Å². The van der Waals surface area contributed by atoms with Crippen molar-refractivity contribution < 1.29 is 0 Å². The fourth-order valence-corrected chi connectivity index (χ4v) is 2.66. The zero-order valence-electron chi connectivity index (χ0n) is 12.0. The van der Waals surface area contributed by atoms with Gasteiger partial charge in [-0.25, -0.2) is 0 Å². The first-order valence-electron chi connectivity index (χ1n) is 7.20. The fourth-order valence-electron chi connectivity index (χ4n) is 2.66. The van der Waals surface area contributed by atoms with Crippen LogP contribution in [0.1, 0.15) is 31.4 Å². The number of hydrogen-bond donors (Lipinski definition) is 1. The lowest BCUT2D eigenvalue weighted by Gasteiger charge is -2.35. The first-order chi connectivity index (χ1) is 9.20. The van der Waals surface area contributed by atoms with E-state index >= 15 is 0 Å². The summed E-state index contributed by atoms with van der Waals surface area (Å²) < 4.78 is 0. The number of rotatable bonds is 2. The fraction of sp³-hybridized carbons (Fsp3) is 0.529. The maximum absolute atomic E-state index is 5.46. The van der Waals surface area contributed by atoms with E-state index in [0.717, 1.165) is 23.9 Å². The summed E-state index contributed by atoms with van der Waals surface area (Å²) in [6.45, 7) is 8.54. The highest BCUT2D eigenvalue weighted by Crippen LogP contribution is 2.24. The van der Waals surface area contributed by atoms with Crippen LogP contribution in [-0.4, -0.2) is 24.5 Å². The Balaban J connectivity index is 2.07. The molecule has 1 heterocycles. The predicted octanol–water partition coefficient (Wildman–Crippen LogP) is 2.47. The number of nitrogens with two attached hydrogens (primary N) is 1. The second-order valence-electron chi connectivity index (χ2n) is 5.64. The first-order valence-corrected chi connectivity index (χ1v) is 7.20. The third-order valence-corrected chi connectivity index (χ3v) is 4.15. The summed E-state index contributed by atoms with van der Waals surface area (Å²) >= 11 is 0. The van der Waals surface area contributed by atoms with Gasteiger partial charge >= 0.3 is 0 Å². The standard InChI is InChI=1S/C17H24N2/c1-14-9-11-19(12-15(14)2)13-17-7-4-3-6-16(17)8-5-10-18/h3-4,6-7,14-15H,9-13,18H2,1-2H3. The van der Waals surface area contributed by atoms with E-state index in [1.165, 1.54) is 25.1 Å². The van der Waals surface area contributed by atoms with Crippen molar-refractivity contribution in [2.45, 2.75) is 26.8 Å². The molecule has 19 heavy (non-hydrogen) atoms. The van der Waals surface area contributed by atoms with Crippen LogP contribution in [0.4, 0.5) is 0 Å². The van der Waals surface area contributed by atoms with Gasteiger partial charge in [0.2, 0.25) is 0 Å². The van der Waals surface area contributed by atoms with Crippen LogP contribution >= 0.6 is 0 Å². The van der Waals surface area contributed by atoms with Crippen LogP contribution in [0, 0.1) is 23.7 Å². The van der Waals surface area contributed by atoms with Gasteiger partial charge < -0.3 is 5.73 Å². The van der Waals surface area contributed by atoms with E-state index in [1.54, 1.807) is 0 Å². The van der Waals surface area contributed by atoms with Crippen molar-refractivity contribution in [3.8, 4) is 11.8 Å². The van der Waals surface area contributed by atoms with Crippen molar-refractivity contribution in [2.75, 3.05) is 19.6 Å². The maximum atomic E-state index is 5.46. The van der Waals surface area contributed by atoms with Crippen LogP contribution in [0.25, 0.3) is 0 Å². The summed E-state index contributed by atoms with van der Waals surface area (Å²) in [5.41, 5.74) is 7.91. The summed E-state index contributed by atoms with van der Waals surface area (Å²) in [6.07, 6.45) is 1.30. The molecule has 102 valence electrons. The van der Waals surface area contributed by atoms with E-state index in [2.05, 4.69) is 48.8 Å². The Morgan fingerprint density at radius 3 is 2.79 bits per heavy atom. The lowest BCUT2D eigenvalue weighted by atomic mass is 9.88. The third-order valence-electron chi connectivity index (χ3n) is 4.15. The molecule has 1 aliphatic rings. The molecule has 2 rings (SSSR count). The zero-order valence-corrected chi connectivity index (χ0v) is 12.0. The van der Waals surface area contributed by atoms with Crippen LogP contribution in [-0.2, 0) is 6.54 Å². The topological polar surface area (TPSA) is 29.3 Å². The Bertz CT molecular complexity index is 470. The Morgan fingerprint density at radius 1 is 1.26 bits per heavy atom. The van der Waals surface area contributed by atoms with Gasteiger partial charge in [0.05, 0.1) is 6.54 Å². The highest BCUT2D eigenvalue weighted by molar-refractivity contribution is 5.41. The second kappa shape index (κ2) is 6.75. The molecule has 0 saturated carbocycles. The molecule has 1 aromatic carbocycles. The second-order valence-corrected chi connectivity index (χ2v) is 5.64. The molecule has 2 atom stereocenters. The summed E-state index contributed by atoms with van der Waals surface area (Å²) in [5.74, 6) is 7.78. The SMILES string of the molecule is CC1CCN(Cc2ccccc2C#CCN)CC1C. The molecular formula is C17H24N2. The van der Waals surface area contributed by atoms with Gasteiger partial charge in [0.1, 0.15) is 0 Å². The molecule has 1 aromatic rings. The van der Waals surface area contributed by atoms with Gasteiger partial charge in [-0.1, -0.05) is 43.9 Å². The Morgan fingerprint density at radius 2 is 2.05 bits per heavy atom. The van der Waals surface area contributed by atoms with Gasteiger partial charge in [-0.3, -0.25) is 4.90 Å². The normalized spacial score (nSPS) is 23.7. The van der Waals surface area contributed by atoms with Crippen LogP contribution in [0.2, 0.25) is 0 Å². The zero-order chi connectivity index (χ0) is 13.7. The number of nitrogens with zero attached hydrogens (tertiary/aromatic N) is 1. The number of piperidine rings is 1. The van der Waals surface area contributed by atoms with Crippen molar-refractivity contribution in [3.05, 3.63) is 35.4 Å². The molecule has 1 fully saturated rings. The highest BCUT2D eigenvalue weighted by Gasteiger charge is 2.22. The van der Waals surface area contributed by atoms with Gasteiger partial charge in [-0.15, -0.1) is 0 Å². The van der Waals surface area contributed by atoms with Crippen molar-refractivity contribution in [1.29, 1.82) is 0 Å². The van der Waals surface area contributed by atoms with E-state index in [1.807, 2.05) is 6.07 Å². The minimum Gasteiger partial charge on any atom is -0.320 e. The lowest BCUT2D eigenvalue weighted by Crippen LogP contribution is -2.37. The van der Waals surface area contributed by atoms with E-state index in [9.17, 15) is 0 Å². The summed E-state index contributed by atoms with van der Waals surface area (Å²) in [5, 5.41) is 0. The van der Waals surface area contributed by atoms with Crippen molar-refractivity contribution in [2.24, 2.45) is 17.6 Å². The maximum Gasteiger partial charge on any atom is 0.0555 e. The van der Waals surface area contributed by atoms with Crippen LogP contribution in [0.3, 0.4) is 0 Å². The quantitative estimate of drug-likeness (QED) is 0.824. The van der Waals surface area contributed by atoms with Gasteiger partial charge in [0.15, 0.2) is 0 Å². The number of hydrogen-bond acceptors (Lipinski definition) is 2. The number of likely N-dealkylation sites (tertiary alicyclic amines) is 1. The van der Waals surface area contributed by atoms with E-state index in [-0.39, 0.29) is 0 Å². The molecule has 2 unspecified atom stereocenters. The van der Waals surface area contributed by atoms with E-state index < -0.39 is 0 Å². The predicted molar refractivity (Wildman–Crippen MR) is 80.6 cm³/mol. The van der Waals surface area contributed by atoms with Gasteiger partial charge in [0, 0.05) is 18.7 Å². The summed E-state index contributed by atoms with van der Waals surface area (Å²) in [7, 11) is 0. The molecule has 0 aliphatic carbocycles. The molecule has 2 heteroatoms. The summed E-state index contributed by atoms with van der Waals surface area (Å²) in [6, 6.07) is 8.42. The number of benzene rings is 1. The largest absolute Gasteiger partial charge is 0.320 e. The van der Waals surface area contributed by atoms with Crippen molar-refractivity contribution in [1.82, 2.24) is 4.90 Å². The highest BCUT2D eigenvalue weighted by atomic mass is 15.1. The molecule has 0 aromatic heterocycles. The molecule has 0 radical (unpaired) electrons. The minimum atomic E-state index is 0.423. The van der Waals surface area contributed by atoms with Gasteiger partial charge in [-0.05, 0) is 36.4 Å². The lowest BCUT2D eigenvalue weighted by molar-refractivity contribution is 0.132. The molecule has 0 amide bonds. The Kier molecular flexibility index (Phi) is 5.01. The molecule has 2 N–H and O–H groups in total. The smallest absolute Gasteiger partial charge is 0.0555 e. The van der Waals surface area contributed by atoms with Crippen LogP contribution < -0.4 is 5.73 Å². The van der Waals surface area contributed by atoms with Crippen LogP contribution in [0.5, 0.6) is 0 Å². The minimum absolute atomic E-state index is 0.423. The third kappa shape index (κ3) is 3.83. The average Bonchev–Trinajstić information content (AvgIpc) is 2.42. The van der Waals surface area contributed by atoms with Gasteiger partial charge in [0.25, 0.3) is 0 Å². The molecule has 1 saturated heterocycles. The molecule has 2 nitrogen and oxygen atoms in total. The first kappa shape index (κ1) is 14.1. The molecule has 1 aliphatic heterocycles. The van der Waals surface area contributed by atoms with Crippen molar-refractivity contribution >= 4 is 0 Å². The monoisotopic (exact) mass is 256 g/mol. The van der Waals surface area contributed by atoms with Gasteiger partial charge in [-0.2, -0.15) is 0 Å². The Labute approximate surface area is 117 Å². The summed E-state index contributed by atoms with van der Waals surface area (Å²) in [4.78, 5) is 2.55. The van der Waals surface area contributed by atoms with Crippen molar-refractivity contribution in [3.63, 3.8) is 0 Å². The average molecular weight is 256 g/mol. The molecule has 0 bridgehead atoms. The van der Waals surface area contributed by atoms with E-state index in [0.29, 0.717) is 6.54 Å². The Hall–Kier alpha value is -1.30. The van der Waals surface area contributed by atoms with E-state index in [4.69, 9.17) is 5.73 Å². The molecule has 0 spiro atoms.